The van der Waals surface area contributed by atoms with E-state index in [0.29, 0.717) is 17.8 Å². The Labute approximate surface area is 161 Å². The summed E-state index contributed by atoms with van der Waals surface area (Å²) in [6.45, 7) is 0.689. The van der Waals surface area contributed by atoms with Crippen LogP contribution in [0.3, 0.4) is 0 Å². The fourth-order valence-electron chi connectivity index (χ4n) is 3.80. The van der Waals surface area contributed by atoms with Gasteiger partial charge in [-0.2, -0.15) is 0 Å². The summed E-state index contributed by atoms with van der Waals surface area (Å²) in [7, 11) is 1.23. The lowest BCUT2D eigenvalue weighted by Gasteiger charge is -2.17. The maximum absolute atomic E-state index is 14.1. The summed E-state index contributed by atoms with van der Waals surface area (Å²) in [6, 6.07) is 6.09. The van der Waals surface area contributed by atoms with Gasteiger partial charge in [-0.05, 0) is 67.2 Å². The molecule has 1 aliphatic carbocycles. The molecule has 2 heterocycles. The molecule has 0 saturated heterocycles. The molecular weight excluding hydrogens is 362 g/mol. The van der Waals surface area contributed by atoms with Gasteiger partial charge < -0.3 is 10.1 Å². The van der Waals surface area contributed by atoms with Crippen molar-refractivity contribution in [2.24, 2.45) is 0 Å². The molecule has 1 amide bonds. The second-order valence-corrected chi connectivity index (χ2v) is 6.95. The van der Waals surface area contributed by atoms with Gasteiger partial charge >= 0.3 is 0 Å². The molecule has 1 N–H and O–H groups in total. The summed E-state index contributed by atoms with van der Waals surface area (Å²) < 4.78 is 32.9. The molecule has 4 rings (SSSR count). The van der Waals surface area contributed by atoms with Crippen LogP contribution in [0, 0.1) is 11.6 Å². The minimum absolute atomic E-state index is 0.0331. The van der Waals surface area contributed by atoms with E-state index in [-0.39, 0.29) is 5.91 Å². The summed E-state index contributed by atoms with van der Waals surface area (Å²) in [5.41, 5.74) is 4.67. The number of hydrogen-bond donors (Lipinski definition) is 1. The SMILES string of the molecule is COc1c(F)cc(-c2cc(C3=CC4=C(CCC3)CCNC4=O)ccn2)cc1F. The standard InChI is InChI=1S/C22H20F2N2O2/c1-28-21-18(23)10-16(11-19(21)24)20-12-15(6-7-25-20)14-4-2-3-13-5-8-26-22(27)17(13)9-14/h6-7,9-12H,2-5,8H2,1H3,(H,26,27). The highest BCUT2D eigenvalue weighted by atomic mass is 19.1. The van der Waals surface area contributed by atoms with Crippen LogP contribution < -0.4 is 10.1 Å². The van der Waals surface area contributed by atoms with Crippen molar-refractivity contribution in [3.05, 3.63) is 64.9 Å². The second kappa shape index (κ2) is 7.54. The fraction of sp³-hybridized carbons (Fsp3) is 0.273. The Morgan fingerprint density at radius 2 is 1.86 bits per heavy atom. The first-order chi connectivity index (χ1) is 13.6. The molecule has 4 nitrogen and oxygen atoms in total. The number of aromatic nitrogens is 1. The van der Waals surface area contributed by atoms with Crippen molar-refractivity contribution in [3.63, 3.8) is 0 Å². The molecule has 1 aliphatic heterocycles. The van der Waals surface area contributed by atoms with Crippen LogP contribution in [0.1, 0.15) is 31.2 Å². The van der Waals surface area contributed by atoms with Crippen molar-refractivity contribution in [2.75, 3.05) is 13.7 Å². The minimum atomic E-state index is -0.771. The Morgan fingerprint density at radius 1 is 1.07 bits per heavy atom. The lowest BCUT2D eigenvalue weighted by atomic mass is 9.97. The van der Waals surface area contributed by atoms with E-state index < -0.39 is 17.4 Å². The molecule has 0 unspecified atom stereocenters. The van der Waals surface area contributed by atoms with Crippen LogP contribution in [0.2, 0.25) is 0 Å². The van der Waals surface area contributed by atoms with Gasteiger partial charge in [0.25, 0.3) is 5.91 Å². The average molecular weight is 382 g/mol. The molecular formula is C22H20F2N2O2. The first kappa shape index (κ1) is 18.3. The van der Waals surface area contributed by atoms with E-state index in [1.165, 1.54) is 24.8 Å². The molecule has 28 heavy (non-hydrogen) atoms. The molecule has 2 aromatic rings. The molecule has 0 spiro atoms. The van der Waals surface area contributed by atoms with Crippen LogP contribution in [0.4, 0.5) is 8.78 Å². The number of ether oxygens (including phenoxy) is 1. The van der Waals surface area contributed by atoms with Crippen molar-refractivity contribution in [1.29, 1.82) is 0 Å². The molecule has 0 atom stereocenters. The van der Waals surface area contributed by atoms with E-state index in [4.69, 9.17) is 4.74 Å². The third-order valence-electron chi connectivity index (χ3n) is 5.21. The number of carbonyl (C=O) groups is 1. The van der Waals surface area contributed by atoms with E-state index in [0.717, 1.165) is 42.4 Å². The average Bonchev–Trinajstić information content (AvgIpc) is 2.91. The first-order valence-electron chi connectivity index (χ1n) is 9.27. The predicted molar refractivity (Wildman–Crippen MR) is 103 cm³/mol. The Morgan fingerprint density at radius 3 is 2.61 bits per heavy atom. The monoisotopic (exact) mass is 382 g/mol. The van der Waals surface area contributed by atoms with Crippen molar-refractivity contribution in [3.8, 4) is 17.0 Å². The fourth-order valence-corrected chi connectivity index (χ4v) is 3.80. The van der Waals surface area contributed by atoms with E-state index in [1.54, 1.807) is 12.3 Å². The Kier molecular flexibility index (Phi) is 4.94. The van der Waals surface area contributed by atoms with Crippen molar-refractivity contribution < 1.29 is 18.3 Å². The van der Waals surface area contributed by atoms with Gasteiger partial charge in [-0.1, -0.05) is 5.57 Å². The second-order valence-electron chi connectivity index (χ2n) is 6.95. The highest BCUT2D eigenvalue weighted by Gasteiger charge is 2.22. The van der Waals surface area contributed by atoms with Gasteiger partial charge in [-0.25, -0.2) is 8.78 Å². The van der Waals surface area contributed by atoms with E-state index in [1.807, 2.05) is 12.1 Å². The molecule has 1 aromatic heterocycles. The molecule has 1 aromatic carbocycles. The number of benzene rings is 1. The number of amides is 1. The summed E-state index contributed by atoms with van der Waals surface area (Å²) >= 11 is 0. The van der Waals surface area contributed by atoms with Crippen molar-refractivity contribution >= 4 is 11.5 Å². The molecule has 0 fully saturated rings. The van der Waals surface area contributed by atoms with E-state index in [2.05, 4.69) is 10.3 Å². The molecule has 2 aliphatic rings. The van der Waals surface area contributed by atoms with Gasteiger partial charge in [0.2, 0.25) is 0 Å². The van der Waals surface area contributed by atoms with Gasteiger partial charge in [0.1, 0.15) is 0 Å². The molecule has 6 heteroatoms. The zero-order valence-electron chi connectivity index (χ0n) is 15.5. The van der Waals surface area contributed by atoms with Crippen LogP contribution in [-0.2, 0) is 4.79 Å². The maximum Gasteiger partial charge on any atom is 0.251 e. The lowest BCUT2D eigenvalue weighted by Crippen LogP contribution is -2.30. The maximum atomic E-state index is 14.1. The Bertz CT molecular complexity index is 988. The smallest absolute Gasteiger partial charge is 0.251 e. The summed E-state index contributed by atoms with van der Waals surface area (Å²) in [6.07, 6.45) is 7.15. The quantitative estimate of drug-likeness (QED) is 0.855. The molecule has 144 valence electrons. The van der Waals surface area contributed by atoms with Gasteiger partial charge in [0, 0.05) is 23.9 Å². The zero-order valence-corrected chi connectivity index (χ0v) is 15.5. The van der Waals surface area contributed by atoms with Crippen molar-refractivity contribution in [2.45, 2.75) is 25.7 Å². The highest BCUT2D eigenvalue weighted by Crippen LogP contribution is 2.34. The first-order valence-corrected chi connectivity index (χ1v) is 9.27. The number of hydrogen-bond acceptors (Lipinski definition) is 3. The third kappa shape index (κ3) is 3.42. The largest absolute Gasteiger partial charge is 0.491 e. The van der Waals surface area contributed by atoms with E-state index in [9.17, 15) is 13.6 Å². The van der Waals surface area contributed by atoms with Gasteiger partial charge in [0.15, 0.2) is 17.4 Å². The highest BCUT2D eigenvalue weighted by molar-refractivity contribution is 6.00. The topological polar surface area (TPSA) is 51.2 Å². The lowest BCUT2D eigenvalue weighted by molar-refractivity contribution is -0.117. The molecule has 0 radical (unpaired) electrons. The van der Waals surface area contributed by atoms with Crippen LogP contribution in [0.25, 0.3) is 16.8 Å². The Balaban J connectivity index is 1.73. The number of allylic oxidation sites excluding steroid dienone is 1. The Hall–Kier alpha value is -3.02. The zero-order chi connectivity index (χ0) is 19.7. The number of carbonyl (C=O) groups excluding carboxylic acids is 1. The van der Waals surface area contributed by atoms with Gasteiger partial charge in [-0.15, -0.1) is 0 Å². The summed E-state index contributed by atoms with van der Waals surface area (Å²) in [5.74, 6) is -1.98. The minimum Gasteiger partial charge on any atom is -0.491 e. The molecule has 0 saturated carbocycles. The number of nitrogens with one attached hydrogen (secondary N) is 1. The third-order valence-corrected chi connectivity index (χ3v) is 5.21. The summed E-state index contributed by atoms with van der Waals surface area (Å²) in [4.78, 5) is 16.5. The van der Waals surface area contributed by atoms with Crippen LogP contribution >= 0.6 is 0 Å². The van der Waals surface area contributed by atoms with E-state index >= 15 is 0 Å². The van der Waals surface area contributed by atoms with Gasteiger partial charge in [0.05, 0.1) is 12.8 Å². The normalized spacial score (nSPS) is 16.8. The van der Waals surface area contributed by atoms with Gasteiger partial charge in [-0.3, -0.25) is 9.78 Å². The number of halogens is 2. The number of pyridine rings is 1. The van der Waals surface area contributed by atoms with Crippen LogP contribution in [-0.4, -0.2) is 24.5 Å². The summed E-state index contributed by atoms with van der Waals surface area (Å²) in [5, 5.41) is 2.89. The number of methoxy groups -OCH3 is 1. The van der Waals surface area contributed by atoms with Crippen molar-refractivity contribution in [1.82, 2.24) is 10.3 Å². The van der Waals surface area contributed by atoms with Crippen LogP contribution in [0.5, 0.6) is 5.75 Å². The van der Waals surface area contributed by atoms with Crippen LogP contribution in [0.15, 0.2) is 47.7 Å². The predicted octanol–water partition coefficient (Wildman–Crippen LogP) is 4.42. The molecule has 0 bridgehead atoms. The number of rotatable bonds is 3. The number of nitrogens with zero attached hydrogens (tertiary/aromatic N) is 1.